The Labute approximate surface area is 131 Å². The third-order valence-electron chi connectivity index (χ3n) is 3.81. The summed E-state index contributed by atoms with van der Waals surface area (Å²) in [6, 6.07) is 7.34. The summed E-state index contributed by atoms with van der Waals surface area (Å²) in [6.45, 7) is 0. The van der Waals surface area contributed by atoms with Crippen molar-refractivity contribution in [1.29, 1.82) is 0 Å². The molecule has 0 amide bonds. The Morgan fingerprint density at radius 2 is 1.86 bits per heavy atom. The number of benzene rings is 1. The van der Waals surface area contributed by atoms with Gasteiger partial charge in [0, 0.05) is 19.9 Å². The molecule has 1 heterocycles. The van der Waals surface area contributed by atoms with Crippen LogP contribution in [0.5, 0.6) is 0 Å². The summed E-state index contributed by atoms with van der Waals surface area (Å²) in [4.78, 5) is 28.3. The second-order valence-electron chi connectivity index (χ2n) is 5.24. The predicted molar refractivity (Wildman–Crippen MR) is 85.0 cm³/mol. The molecule has 0 radical (unpaired) electrons. The number of carbonyl (C=O) groups excluding carboxylic acids is 2. The lowest BCUT2D eigenvalue weighted by Gasteiger charge is -2.15. The van der Waals surface area contributed by atoms with E-state index in [9.17, 15) is 14.7 Å². The van der Waals surface area contributed by atoms with Crippen LogP contribution < -0.4 is 0 Å². The summed E-state index contributed by atoms with van der Waals surface area (Å²) >= 11 is 5.33. The number of rotatable bonds is 1. The second-order valence-corrected chi connectivity index (χ2v) is 5.62. The Balaban J connectivity index is 2.30. The number of nitrogens with zero attached hydrogens (tertiary/aromatic N) is 2. The lowest BCUT2D eigenvalue weighted by molar-refractivity contribution is -0.123. The van der Waals surface area contributed by atoms with Crippen LogP contribution in [0.4, 0.5) is 0 Å². The largest absolute Gasteiger partial charge is 0.505 e. The van der Waals surface area contributed by atoms with Gasteiger partial charge in [-0.2, -0.15) is 0 Å². The zero-order valence-electron chi connectivity index (χ0n) is 12.0. The van der Waals surface area contributed by atoms with Crippen molar-refractivity contribution < 1.29 is 14.7 Å². The van der Waals surface area contributed by atoms with Crippen LogP contribution in [0.1, 0.15) is 25.0 Å². The van der Waals surface area contributed by atoms with Crippen molar-refractivity contribution in [3.63, 3.8) is 0 Å². The van der Waals surface area contributed by atoms with Crippen molar-refractivity contribution in [2.45, 2.75) is 19.3 Å². The van der Waals surface area contributed by atoms with Gasteiger partial charge in [0.2, 0.25) is 0 Å². The van der Waals surface area contributed by atoms with Crippen molar-refractivity contribution in [3.8, 4) is 0 Å². The highest BCUT2D eigenvalue weighted by molar-refractivity contribution is 7.71. The van der Waals surface area contributed by atoms with Gasteiger partial charge in [-0.3, -0.25) is 9.59 Å². The molecule has 112 valence electrons. The normalized spacial score (nSPS) is 15.4. The first-order valence-corrected chi connectivity index (χ1v) is 7.37. The Kier molecular flexibility index (Phi) is 3.62. The number of aliphatic hydroxyl groups is 1. The first kappa shape index (κ1) is 14.6. The molecule has 0 atom stereocenters. The zero-order chi connectivity index (χ0) is 15.9. The molecule has 1 aliphatic rings. The number of para-hydroxylation sites is 2. The number of fused-ring (bicyclic) bond motifs is 1. The van der Waals surface area contributed by atoms with Gasteiger partial charge < -0.3 is 9.67 Å². The Hall–Kier alpha value is -2.34. The molecule has 0 unspecified atom stereocenters. The van der Waals surface area contributed by atoms with Gasteiger partial charge in [-0.15, -0.1) is 0 Å². The Morgan fingerprint density at radius 3 is 2.55 bits per heavy atom. The SMILES string of the molecule is Cn1c(=S)c(C(O)=C2C(=O)CCCC2=O)nc2ccccc21. The second kappa shape index (κ2) is 5.46. The van der Waals surface area contributed by atoms with E-state index >= 15 is 0 Å². The van der Waals surface area contributed by atoms with Crippen molar-refractivity contribution in [2.75, 3.05) is 0 Å². The fourth-order valence-corrected chi connectivity index (χ4v) is 2.87. The molecular formula is C16H14N2O3S. The molecule has 5 nitrogen and oxygen atoms in total. The van der Waals surface area contributed by atoms with Crippen molar-refractivity contribution in [2.24, 2.45) is 7.05 Å². The molecule has 0 aliphatic heterocycles. The predicted octanol–water partition coefficient (Wildman–Crippen LogP) is 2.89. The van der Waals surface area contributed by atoms with Crippen LogP contribution in [0.15, 0.2) is 29.8 Å². The van der Waals surface area contributed by atoms with E-state index in [-0.39, 0.29) is 40.3 Å². The molecule has 1 saturated carbocycles. The molecule has 2 aromatic rings. The van der Waals surface area contributed by atoms with Crippen molar-refractivity contribution in [3.05, 3.63) is 40.2 Å². The minimum Gasteiger partial charge on any atom is -0.505 e. The van der Waals surface area contributed by atoms with E-state index in [4.69, 9.17) is 12.2 Å². The van der Waals surface area contributed by atoms with Gasteiger partial charge in [0.15, 0.2) is 17.3 Å². The first-order valence-electron chi connectivity index (χ1n) is 6.96. The number of ketones is 2. The van der Waals surface area contributed by atoms with Gasteiger partial charge in [-0.05, 0) is 18.6 Å². The van der Waals surface area contributed by atoms with E-state index in [2.05, 4.69) is 4.98 Å². The third-order valence-corrected chi connectivity index (χ3v) is 4.28. The van der Waals surface area contributed by atoms with Gasteiger partial charge in [-0.1, -0.05) is 24.4 Å². The molecule has 1 fully saturated rings. The number of hydrogen-bond donors (Lipinski definition) is 1. The van der Waals surface area contributed by atoms with Gasteiger partial charge in [0.25, 0.3) is 0 Å². The number of allylic oxidation sites excluding steroid dienone is 1. The summed E-state index contributed by atoms with van der Waals surface area (Å²) in [5.41, 5.74) is 1.39. The number of aromatic nitrogens is 2. The van der Waals surface area contributed by atoms with Crippen LogP contribution in [0, 0.1) is 4.64 Å². The van der Waals surface area contributed by atoms with E-state index in [1.54, 1.807) is 17.7 Å². The molecule has 3 rings (SSSR count). The fraction of sp³-hybridized carbons (Fsp3) is 0.250. The van der Waals surface area contributed by atoms with E-state index in [0.717, 1.165) is 5.52 Å². The quantitative estimate of drug-likeness (QED) is 0.379. The lowest BCUT2D eigenvalue weighted by atomic mass is 9.91. The van der Waals surface area contributed by atoms with Crippen LogP contribution in [0.3, 0.4) is 0 Å². The molecule has 0 spiro atoms. The minimum atomic E-state index is -0.402. The maximum absolute atomic E-state index is 12.0. The molecule has 1 aromatic heterocycles. The third kappa shape index (κ3) is 2.25. The standard InChI is InChI=1S/C16H14N2O3S/c1-18-10-6-3-2-5-9(10)17-14(16(18)22)15(21)13-11(19)7-4-8-12(13)20/h2-3,5-6,21H,4,7-8H2,1H3. The number of hydrogen-bond acceptors (Lipinski definition) is 5. The molecule has 0 saturated heterocycles. The first-order chi connectivity index (χ1) is 10.5. The summed E-state index contributed by atoms with van der Waals surface area (Å²) in [7, 11) is 1.76. The molecule has 6 heteroatoms. The van der Waals surface area contributed by atoms with Crippen LogP contribution in [-0.4, -0.2) is 26.2 Å². The highest BCUT2D eigenvalue weighted by Crippen LogP contribution is 2.25. The average Bonchev–Trinajstić information content (AvgIpc) is 2.50. The molecular weight excluding hydrogens is 300 g/mol. The Morgan fingerprint density at radius 1 is 1.23 bits per heavy atom. The minimum absolute atomic E-state index is 0.106. The molecule has 1 aliphatic carbocycles. The topological polar surface area (TPSA) is 72.2 Å². The molecule has 22 heavy (non-hydrogen) atoms. The van der Waals surface area contributed by atoms with E-state index < -0.39 is 5.76 Å². The average molecular weight is 314 g/mol. The maximum atomic E-state index is 12.0. The molecule has 1 aromatic carbocycles. The van der Waals surface area contributed by atoms with Crippen LogP contribution in [0.25, 0.3) is 16.8 Å². The number of carbonyl (C=O) groups is 2. The summed E-state index contributed by atoms with van der Waals surface area (Å²) in [5.74, 6) is -1.09. The van der Waals surface area contributed by atoms with Gasteiger partial charge in [-0.25, -0.2) is 4.98 Å². The zero-order valence-corrected chi connectivity index (χ0v) is 12.8. The van der Waals surface area contributed by atoms with Crippen LogP contribution >= 0.6 is 12.2 Å². The van der Waals surface area contributed by atoms with E-state index in [0.29, 0.717) is 11.9 Å². The summed E-state index contributed by atoms with van der Waals surface area (Å²) in [6.07, 6.45) is 1.04. The van der Waals surface area contributed by atoms with Crippen molar-refractivity contribution in [1.82, 2.24) is 9.55 Å². The van der Waals surface area contributed by atoms with Crippen LogP contribution in [-0.2, 0) is 16.6 Å². The monoisotopic (exact) mass is 314 g/mol. The maximum Gasteiger partial charge on any atom is 0.170 e. The van der Waals surface area contributed by atoms with Gasteiger partial charge in [0.05, 0.1) is 11.0 Å². The highest BCUT2D eigenvalue weighted by Gasteiger charge is 2.28. The smallest absolute Gasteiger partial charge is 0.170 e. The number of aliphatic hydroxyl groups excluding tert-OH is 1. The van der Waals surface area contributed by atoms with Crippen molar-refractivity contribution >= 4 is 40.6 Å². The van der Waals surface area contributed by atoms with Gasteiger partial charge in [0.1, 0.15) is 15.9 Å². The lowest BCUT2D eigenvalue weighted by Crippen LogP contribution is -2.21. The van der Waals surface area contributed by atoms with Gasteiger partial charge >= 0.3 is 0 Å². The van der Waals surface area contributed by atoms with Crippen LogP contribution in [0.2, 0.25) is 0 Å². The highest BCUT2D eigenvalue weighted by atomic mass is 32.1. The molecule has 0 bridgehead atoms. The van der Waals surface area contributed by atoms with E-state index in [1.807, 2.05) is 18.2 Å². The molecule has 1 N–H and O–H groups in total. The Bertz CT molecular complexity index is 878. The number of aryl methyl sites for hydroxylation is 1. The summed E-state index contributed by atoms with van der Waals surface area (Å²) < 4.78 is 2.00. The fourth-order valence-electron chi connectivity index (χ4n) is 2.63. The summed E-state index contributed by atoms with van der Waals surface area (Å²) in [5, 5.41) is 10.4. The van der Waals surface area contributed by atoms with E-state index in [1.165, 1.54) is 0 Å². The number of Topliss-reactive ketones (excluding diaryl/α,β-unsaturated/α-hetero) is 2.